The second kappa shape index (κ2) is 9.59. The van der Waals surface area contributed by atoms with Crippen LogP contribution in [0.15, 0.2) is 59.5 Å². The molecule has 2 aromatic carbocycles. The average Bonchev–Trinajstić information content (AvgIpc) is 3.24. The molecule has 1 N–H and O–H groups in total. The van der Waals surface area contributed by atoms with Gasteiger partial charge < -0.3 is 10.1 Å². The molecule has 0 bridgehead atoms. The van der Waals surface area contributed by atoms with Gasteiger partial charge in [0.05, 0.1) is 10.9 Å². The number of sulfonamides is 1. The molecule has 0 spiro atoms. The van der Waals surface area contributed by atoms with Crippen LogP contribution in [0.1, 0.15) is 31.4 Å². The van der Waals surface area contributed by atoms with Gasteiger partial charge >= 0.3 is 5.97 Å². The number of ether oxygens (including phenoxy) is 1. The van der Waals surface area contributed by atoms with E-state index in [0.29, 0.717) is 17.9 Å². The van der Waals surface area contributed by atoms with Gasteiger partial charge in [-0.2, -0.15) is 4.31 Å². The van der Waals surface area contributed by atoms with Crippen molar-refractivity contribution in [2.24, 2.45) is 0 Å². The van der Waals surface area contributed by atoms with Crippen LogP contribution in [-0.4, -0.2) is 43.8 Å². The van der Waals surface area contributed by atoms with Gasteiger partial charge in [-0.15, -0.1) is 0 Å². The predicted octanol–water partition coefficient (Wildman–Crippen LogP) is 2.91. The lowest BCUT2D eigenvalue weighted by Gasteiger charge is -2.23. The molecule has 1 fully saturated rings. The van der Waals surface area contributed by atoms with E-state index in [1.165, 1.54) is 24.3 Å². The summed E-state index contributed by atoms with van der Waals surface area (Å²) in [4.78, 5) is 24.7. The molecule has 2 atom stereocenters. The Bertz CT molecular complexity index is 996. The molecule has 0 aliphatic carbocycles. The van der Waals surface area contributed by atoms with E-state index >= 15 is 0 Å². The Hall–Kier alpha value is -2.42. The van der Waals surface area contributed by atoms with Crippen molar-refractivity contribution in [2.75, 3.05) is 13.2 Å². The van der Waals surface area contributed by atoms with E-state index in [1.807, 2.05) is 37.3 Å². The fraction of sp³-hybridized carbons (Fsp3) is 0.333. The van der Waals surface area contributed by atoms with Crippen LogP contribution < -0.4 is 5.32 Å². The topological polar surface area (TPSA) is 92.8 Å². The van der Waals surface area contributed by atoms with Crippen molar-refractivity contribution >= 4 is 33.5 Å². The summed E-state index contributed by atoms with van der Waals surface area (Å²) in [6.45, 7) is 1.57. The number of esters is 1. The number of nitrogens with one attached hydrogen (secondary N) is 1. The van der Waals surface area contributed by atoms with Gasteiger partial charge in [0, 0.05) is 11.6 Å². The van der Waals surface area contributed by atoms with Crippen molar-refractivity contribution in [3.63, 3.8) is 0 Å². The third-order valence-electron chi connectivity index (χ3n) is 4.92. The third-order valence-corrected chi connectivity index (χ3v) is 7.09. The number of carbonyl (C=O) groups excluding carboxylic acids is 2. The number of halogens is 1. The molecular weight excluding hydrogens is 428 g/mol. The highest BCUT2D eigenvalue weighted by atomic mass is 35.5. The van der Waals surface area contributed by atoms with Gasteiger partial charge in [-0.1, -0.05) is 41.9 Å². The number of rotatable bonds is 7. The summed E-state index contributed by atoms with van der Waals surface area (Å²) in [5, 5.41) is 3.17. The lowest BCUT2D eigenvalue weighted by atomic mass is 10.1. The lowest BCUT2D eigenvalue weighted by molar-refractivity contribution is -0.151. The highest BCUT2D eigenvalue weighted by Gasteiger charge is 2.40. The zero-order chi connectivity index (χ0) is 21.7. The van der Waals surface area contributed by atoms with E-state index in [2.05, 4.69) is 5.32 Å². The minimum Gasteiger partial charge on any atom is -0.454 e. The van der Waals surface area contributed by atoms with Gasteiger partial charge in [-0.05, 0) is 49.6 Å². The summed E-state index contributed by atoms with van der Waals surface area (Å²) in [5.74, 6) is -1.18. The average molecular weight is 451 g/mol. The number of hydrogen-bond acceptors (Lipinski definition) is 5. The molecule has 3 rings (SSSR count). The summed E-state index contributed by atoms with van der Waals surface area (Å²) in [7, 11) is -3.87. The van der Waals surface area contributed by atoms with Gasteiger partial charge in [0.25, 0.3) is 5.91 Å². The number of nitrogens with zero attached hydrogens (tertiary/aromatic N) is 1. The normalized spacial score (nSPS) is 18.0. The van der Waals surface area contributed by atoms with Crippen molar-refractivity contribution in [2.45, 2.75) is 36.7 Å². The molecular formula is C21H23ClN2O5S. The van der Waals surface area contributed by atoms with E-state index < -0.39 is 34.5 Å². The van der Waals surface area contributed by atoms with E-state index in [0.717, 1.165) is 9.87 Å². The molecule has 1 amide bonds. The Labute approximate surface area is 181 Å². The monoisotopic (exact) mass is 450 g/mol. The molecule has 1 aliphatic heterocycles. The van der Waals surface area contributed by atoms with E-state index in [-0.39, 0.29) is 17.5 Å². The molecule has 0 aromatic heterocycles. The van der Waals surface area contributed by atoms with Gasteiger partial charge in [-0.3, -0.25) is 9.59 Å². The molecule has 1 heterocycles. The molecule has 2 aromatic rings. The van der Waals surface area contributed by atoms with Gasteiger partial charge in [-0.25, -0.2) is 8.42 Å². The summed E-state index contributed by atoms with van der Waals surface area (Å²) in [5.41, 5.74) is 0.924. The summed E-state index contributed by atoms with van der Waals surface area (Å²) >= 11 is 5.83. The van der Waals surface area contributed by atoms with Crippen LogP contribution in [-0.2, 0) is 24.3 Å². The standard InChI is InChI=1S/C21H23ClN2O5S/c1-15(16-6-3-2-4-7-16)23-20(25)14-29-21(26)19-8-5-13-24(19)30(27,28)18-11-9-17(22)10-12-18/h2-4,6-7,9-12,15,19H,5,8,13-14H2,1H3,(H,23,25)/t15-,19+/m0/s1. The maximum atomic E-state index is 12.9. The summed E-state index contributed by atoms with van der Waals surface area (Å²) in [6.07, 6.45) is 0.873. The van der Waals surface area contributed by atoms with Crippen molar-refractivity contribution < 1.29 is 22.7 Å². The molecule has 160 valence electrons. The summed E-state index contributed by atoms with van der Waals surface area (Å²) in [6, 6.07) is 14.0. The highest BCUT2D eigenvalue weighted by Crippen LogP contribution is 2.27. The largest absolute Gasteiger partial charge is 0.454 e. The second-order valence-electron chi connectivity index (χ2n) is 7.04. The van der Waals surface area contributed by atoms with Gasteiger partial charge in [0.15, 0.2) is 6.61 Å². The molecule has 1 saturated heterocycles. The minimum absolute atomic E-state index is 0.0565. The van der Waals surface area contributed by atoms with Crippen LogP contribution >= 0.6 is 11.6 Å². The first-order chi connectivity index (χ1) is 14.3. The Morgan fingerprint density at radius 3 is 2.50 bits per heavy atom. The maximum absolute atomic E-state index is 12.9. The molecule has 7 nitrogen and oxygen atoms in total. The van der Waals surface area contributed by atoms with E-state index in [1.54, 1.807) is 0 Å². The second-order valence-corrected chi connectivity index (χ2v) is 9.36. The van der Waals surface area contributed by atoms with Crippen LogP contribution in [0.5, 0.6) is 0 Å². The summed E-state index contributed by atoms with van der Waals surface area (Å²) < 4.78 is 32.0. The van der Waals surface area contributed by atoms with Gasteiger partial charge in [0.1, 0.15) is 6.04 Å². The SMILES string of the molecule is C[C@H](NC(=O)COC(=O)[C@H]1CCCN1S(=O)(=O)c1ccc(Cl)cc1)c1ccccc1. The van der Waals surface area contributed by atoms with Crippen LogP contribution in [0.25, 0.3) is 0 Å². The zero-order valence-electron chi connectivity index (χ0n) is 16.5. The maximum Gasteiger partial charge on any atom is 0.324 e. The first-order valence-electron chi connectivity index (χ1n) is 9.57. The van der Waals surface area contributed by atoms with Gasteiger partial charge in [0.2, 0.25) is 10.0 Å². The third kappa shape index (κ3) is 5.19. The smallest absolute Gasteiger partial charge is 0.324 e. The molecule has 0 radical (unpaired) electrons. The first-order valence-corrected chi connectivity index (χ1v) is 11.4. The van der Waals surface area contributed by atoms with E-state index in [9.17, 15) is 18.0 Å². The Morgan fingerprint density at radius 2 is 1.83 bits per heavy atom. The quantitative estimate of drug-likeness (QED) is 0.655. The predicted molar refractivity (Wildman–Crippen MR) is 112 cm³/mol. The molecule has 30 heavy (non-hydrogen) atoms. The van der Waals surface area contributed by atoms with Crippen molar-refractivity contribution in [1.29, 1.82) is 0 Å². The minimum atomic E-state index is -3.87. The molecule has 0 unspecified atom stereocenters. The number of amides is 1. The Balaban J connectivity index is 1.59. The number of benzene rings is 2. The first kappa shape index (κ1) is 22.3. The number of hydrogen-bond donors (Lipinski definition) is 1. The lowest BCUT2D eigenvalue weighted by Crippen LogP contribution is -2.42. The Morgan fingerprint density at radius 1 is 1.17 bits per heavy atom. The zero-order valence-corrected chi connectivity index (χ0v) is 18.0. The molecule has 1 aliphatic rings. The highest BCUT2D eigenvalue weighted by molar-refractivity contribution is 7.89. The van der Waals surface area contributed by atoms with Crippen LogP contribution in [0, 0.1) is 0 Å². The molecule has 0 saturated carbocycles. The van der Waals surface area contributed by atoms with Crippen molar-refractivity contribution in [3.05, 3.63) is 65.2 Å². The fourth-order valence-electron chi connectivity index (χ4n) is 3.35. The Kier molecular flexibility index (Phi) is 7.12. The van der Waals surface area contributed by atoms with Crippen molar-refractivity contribution in [1.82, 2.24) is 9.62 Å². The fourth-order valence-corrected chi connectivity index (χ4v) is 5.12. The van der Waals surface area contributed by atoms with E-state index in [4.69, 9.17) is 16.3 Å². The number of carbonyl (C=O) groups is 2. The molecule has 9 heteroatoms. The van der Waals surface area contributed by atoms with Crippen LogP contribution in [0.4, 0.5) is 0 Å². The van der Waals surface area contributed by atoms with Crippen LogP contribution in [0.3, 0.4) is 0 Å². The van der Waals surface area contributed by atoms with Crippen molar-refractivity contribution in [3.8, 4) is 0 Å². The van der Waals surface area contributed by atoms with Crippen LogP contribution in [0.2, 0.25) is 5.02 Å².